The number of fused-ring (bicyclic) bond motifs is 1. The lowest BCUT2D eigenvalue weighted by Crippen LogP contribution is -2.63. The van der Waals surface area contributed by atoms with Crippen LogP contribution in [0.2, 0.25) is 0 Å². The number of aliphatic hydroxyl groups excluding tert-OH is 2. The minimum Gasteiger partial charge on any atom is -0.480 e. The molecule has 138 valence electrons. The Labute approximate surface area is 150 Å². The first-order chi connectivity index (χ1) is 12.6. The van der Waals surface area contributed by atoms with Crippen LogP contribution in [0.3, 0.4) is 0 Å². The van der Waals surface area contributed by atoms with Crippen LogP contribution in [0.4, 0.5) is 5.69 Å². The van der Waals surface area contributed by atoms with Crippen molar-refractivity contribution in [2.75, 3.05) is 12.3 Å². The number of benzene rings is 2. The Morgan fingerprint density at radius 3 is 2.46 bits per heavy atom. The number of hydrogen-bond acceptors (Lipinski definition) is 7. The lowest BCUT2D eigenvalue weighted by Gasteiger charge is -2.46. The van der Waals surface area contributed by atoms with Gasteiger partial charge in [0.15, 0.2) is 18.7 Å². The van der Waals surface area contributed by atoms with E-state index in [-0.39, 0.29) is 6.61 Å². The fraction of sp³-hybridized carbons (Fsp3) is 0.368. The van der Waals surface area contributed by atoms with Crippen molar-refractivity contribution in [3.05, 3.63) is 60.2 Å². The van der Waals surface area contributed by atoms with Crippen molar-refractivity contribution >= 4 is 5.69 Å². The van der Waals surface area contributed by atoms with Crippen LogP contribution in [-0.4, -0.2) is 47.5 Å². The molecule has 4 rings (SSSR count). The zero-order valence-electron chi connectivity index (χ0n) is 14.0. The van der Waals surface area contributed by atoms with Crippen LogP contribution in [0.25, 0.3) is 0 Å². The van der Waals surface area contributed by atoms with E-state index in [1.54, 1.807) is 24.3 Å². The van der Waals surface area contributed by atoms with E-state index < -0.39 is 37.0 Å². The number of rotatable bonds is 3. The molecule has 0 saturated carbocycles. The predicted molar refractivity (Wildman–Crippen MR) is 92.2 cm³/mol. The highest BCUT2D eigenvalue weighted by atomic mass is 16.7. The third kappa shape index (κ3) is 3.27. The first-order valence-corrected chi connectivity index (χ1v) is 8.48. The molecule has 4 N–H and O–H groups in total. The second-order valence-corrected chi connectivity index (χ2v) is 6.35. The minimum absolute atomic E-state index is 0.193. The van der Waals surface area contributed by atoms with Crippen LogP contribution in [0.1, 0.15) is 11.9 Å². The van der Waals surface area contributed by atoms with E-state index in [1.807, 2.05) is 30.3 Å². The van der Waals surface area contributed by atoms with Crippen molar-refractivity contribution in [2.24, 2.45) is 0 Å². The first kappa shape index (κ1) is 17.3. The summed E-state index contributed by atoms with van der Waals surface area (Å²) in [6, 6.07) is 16.3. The molecule has 0 spiro atoms. The highest BCUT2D eigenvalue weighted by molar-refractivity contribution is 5.52. The van der Waals surface area contributed by atoms with E-state index in [1.165, 1.54) is 0 Å². The Hall–Kier alpha value is -2.16. The van der Waals surface area contributed by atoms with Crippen molar-refractivity contribution in [1.29, 1.82) is 0 Å². The Morgan fingerprint density at radius 2 is 1.69 bits per heavy atom. The zero-order valence-corrected chi connectivity index (χ0v) is 14.0. The second kappa shape index (κ2) is 7.22. The summed E-state index contributed by atoms with van der Waals surface area (Å²) >= 11 is 0. The molecule has 2 aromatic carbocycles. The van der Waals surface area contributed by atoms with Gasteiger partial charge >= 0.3 is 0 Å². The number of nitrogen functional groups attached to an aromatic ring is 1. The Morgan fingerprint density at radius 1 is 0.962 bits per heavy atom. The van der Waals surface area contributed by atoms with Crippen molar-refractivity contribution in [3.8, 4) is 5.75 Å². The third-order valence-electron chi connectivity index (χ3n) is 4.58. The average Bonchev–Trinajstić information content (AvgIpc) is 2.67. The minimum atomic E-state index is -1.33. The monoisotopic (exact) mass is 359 g/mol. The highest BCUT2D eigenvalue weighted by Crippen LogP contribution is 2.35. The lowest BCUT2D eigenvalue weighted by molar-refractivity contribution is -0.351. The van der Waals surface area contributed by atoms with E-state index in [9.17, 15) is 10.2 Å². The summed E-state index contributed by atoms with van der Waals surface area (Å²) in [5.41, 5.74) is 7.13. The molecular formula is C19H21NO6. The smallest absolute Gasteiger partial charge is 0.195 e. The van der Waals surface area contributed by atoms with Crippen molar-refractivity contribution in [2.45, 2.75) is 37.0 Å². The Kier molecular flexibility index (Phi) is 4.80. The fourth-order valence-electron chi connectivity index (χ4n) is 3.22. The molecule has 2 heterocycles. The Bertz CT molecular complexity index is 742. The standard InChI is InChI=1S/C19H21NO6/c20-12-8-4-5-9-13(12)24-17-15(21)16-14(25-18(17)22)10-23-19(26-16)11-6-2-1-3-7-11/h1-9,14-19,21-22H,10,20H2/t14-,15+,16-,17-,18-,19?/m1/s1. The maximum absolute atomic E-state index is 10.8. The van der Waals surface area contributed by atoms with Gasteiger partial charge in [0.05, 0.1) is 12.3 Å². The van der Waals surface area contributed by atoms with E-state index in [0.29, 0.717) is 11.4 Å². The maximum atomic E-state index is 10.8. The molecule has 7 heteroatoms. The highest BCUT2D eigenvalue weighted by Gasteiger charge is 2.50. The average molecular weight is 359 g/mol. The molecule has 2 aliphatic rings. The van der Waals surface area contributed by atoms with E-state index in [0.717, 1.165) is 5.56 Å². The van der Waals surface area contributed by atoms with Gasteiger partial charge in [0, 0.05) is 5.56 Å². The van der Waals surface area contributed by atoms with Gasteiger partial charge in [0.2, 0.25) is 0 Å². The summed E-state index contributed by atoms with van der Waals surface area (Å²) in [7, 11) is 0. The summed E-state index contributed by atoms with van der Waals surface area (Å²) in [4.78, 5) is 0. The lowest BCUT2D eigenvalue weighted by atomic mass is 9.97. The predicted octanol–water partition coefficient (Wildman–Crippen LogP) is 1.21. The number of hydrogen-bond donors (Lipinski definition) is 3. The van der Waals surface area contributed by atoms with Gasteiger partial charge in [-0.05, 0) is 12.1 Å². The van der Waals surface area contributed by atoms with Gasteiger partial charge < -0.3 is 34.9 Å². The normalized spacial score (nSPS) is 34.1. The van der Waals surface area contributed by atoms with Crippen LogP contribution in [0.5, 0.6) is 5.75 Å². The van der Waals surface area contributed by atoms with Crippen LogP contribution in [0.15, 0.2) is 54.6 Å². The van der Waals surface area contributed by atoms with Crippen molar-refractivity contribution in [3.63, 3.8) is 0 Å². The van der Waals surface area contributed by atoms with Crippen LogP contribution in [0, 0.1) is 0 Å². The van der Waals surface area contributed by atoms with Crippen LogP contribution >= 0.6 is 0 Å². The maximum Gasteiger partial charge on any atom is 0.195 e. The largest absolute Gasteiger partial charge is 0.480 e. The van der Waals surface area contributed by atoms with Crippen LogP contribution in [-0.2, 0) is 14.2 Å². The molecule has 26 heavy (non-hydrogen) atoms. The van der Waals surface area contributed by atoms with Gasteiger partial charge in [-0.25, -0.2) is 0 Å². The topological polar surface area (TPSA) is 103 Å². The number of ether oxygens (including phenoxy) is 4. The summed E-state index contributed by atoms with van der Waals surface area (Å²) in [5.74, 6) is 0.365. The van der Waals surface area contributed by atoms with Gasteiger partial charge in [0.25, 0.3) is 0 Å². The first-order valence-electron chi connectivity index (χ1n) is 8.48. The van der Waals surface area contributed by atoms with Crippen LogP contribution < -0.4 is 10.5 Å². The number of anilines is 1. The summed E-state index contributed by atoms with van der Waals surface area (Å²) in [5, 5.41) is 21.0. The summed E-state index contributed by atoms with van der Waals surface area (Å²) in [6.45, 7) is 0.193. The molecule has 1 unspecified atom stereocenters. The second-order valence-electron chi connectivity index (χ2n) is 6.35. The van der Waals surface area contributed by atoms with Crippen molar-refractivity contribution < 1.29 is 29.2 Å². The van der Waals surface area contributed by atoms with Gasteiger partial charge in [-0.1, -0.05) is 42.5 Å². The fourth-order valence-corrected chi connectivity index (χ4v) is 3.22. The molecule has 2 saturated heterocycles. The molecule has 0 amide bonds. The molecule has 0 aromatic heterocycles. The summed E-state index contributed by atoms with van der Waals surface area (Å²) < 4.78 is 22.9. The molecule has 2 aliphatic heterocycles. The van der Waals surface area contributed by atoms with E-state index in [2.05, 4.69) is 0 Å². The number of nitrogens with two attached hydrogens (primary N) is 1. The molecule has 7 nitrogen and oxygen atoms in total. The molecule has 6 atom stereocenters. The van der Waals surface area contributed by atoms with Gasteiger partial charge in [-0.2, -0.15) is 0 Å². The SMILES string of the molecule is Nc1ccccc1O[C@@H]1[C@@H](O)[C@@H]2OC(c3ccccc3)OC[C@H]2O[C@H]1O. The quantitative estimate of drug-likeness (QED) is 0.708. The van der Waals surface area contributed by atoms with E-state index >= 15 is 0 Å². The molecule has 0 bridgehead atoms. The number of aliphatic hydroxyl groups is 2. The van der Waals surface area contributed by atoms with Crippen molar-refractivity contribution in [1.82, 2.24) is 0 Å². The molecular weight excluding hydrogens is 338 g/mol. The number of para-hydroxylation sites is 2. The molecule has 2 fully saturated rings. The Balaban J connectivity index is 1.52. The van der Waals surface area contributed by atoms with Gasteiger partial charge in [0.1, 0.15) is 24.1 Å². The zero-order chi connectivity index (χ0) is 18.1. The molecule has 0 radical (unpaired) electrons. The van der Waals surface area contributed by atoms with E-state index in [4.69, 9.17) is 24.7 Å². The molecule has 0 aliphatic carbocycles. The van der Waals surface area contributed by atoms with Gasteiger partial charge in [-0.15, -0.1) is 0 Å². The summed E-state index contributed by atoms with van der Waals surface area (Å²) in [6.07, 6.45) is -5.38. The molecule has 2 aromatic rings. The third-order valence-corrected chi connectivity index (χ3v) is 4.58. The van der Waals surface area contributed by atoms with Gasteiger partial charge in [-0.3, -0.25) is 0 Å².